The first-order valence-corrected chi connectivity index (χ1v) is 9.20. The standard InChI is InChI=1S/C23H19N5O/c1-15(16-6-4-3-5-7-16)28-22-20-11-17(8-9-21(20)26-14-27-22)19-10-18(12-24)23(29-2)25-13-19/h3-11,13-15H,1-2H3,(H,26,27,28)/t15-/m1/s1. The van der Waals surface area contributed by atoms with Crippen LogP contribution in [0.1, 0.15) is 24.1 Å². The summed E-state index contributed by atoms with van der Waals surface area (Å²) >= 11 is 0. The maximum Gasteiger partial charge on any atom is 0.231 e. The number of rotatable bonds is 5. The van der Waals surface area contributed by atoms with E-state index in [0.717, 1.165) is 27.8 Å². The molecule has 0 radical (unpaired) electrons. The van der Waals surface area contributed by atoms with Crippen molar-refractivity contribution in [1.82, 2.24) is 15.0 Å². The van der Waals surface area contributed by atoms with Crippen LogP contribution in [0.3, 0.4) is 0 Å². The van der Waals surface area contributed by atoms with Gasteiger partial charge >= 0.3 is 0 Å². The summed E-state index contributed by atoms with van der Waals surface area (Å²) in [7, 11) is 1.50. The summed E-state index contributed by atoms with van der Waals surface area (Å²) < 4.78 is 5.14. The number of nitrogens with one attached hydrogen (secondary N) is 1. The summed E-state index contributed by atoms with van der Waals surface area (Å²) in [6.45, 7) is 2.10. The van der Waals surface area contributed by atoms with Gasteiger partial charge in [0, 0.05) is 23.2 Å². The van der Waals surface area contributed by atoms with Crippen molar-refractivity contribution in [3.8, 4) is 23.1 Å². The molecule has 4 aromatic rings. The van der Waals surface area contributed by atoms with Crippen molar-refractivity contribution in [2.45, 2.75) is 13.0 Å². The van der Waals surface area contributed by atoms with Crippen molar-refractivity contribution in [2.24, 2.45) is 0 Å². The molecule has 2 aromatic carbocycles. The van der Waals surface area contributed by atoms with Crippen LogP contribution in [0.15, 0.2) is 67.1 Å². The third kappa shape index (κ3) is 3.71. The Balaban J connectivity index is 1.74. The smallest absolute Gasteiger partial charge is 0.231 e. The molecule has 4 rings (SSSR count). The predicted molar refractivity (Wildman–Crippen MR) is 113 cm³/mol. The fourth-order valence-corrected chi connectivity index (χ4v) is 3.23. The summed E-state index contributed by atoms with van der Waals surface area (Å²) in [5.74, 6) is 1.08. The van der Waals surface area contributed by atoms with E-state index < -0.39 is 0 Å². The number of anilines is 1. The second-order valence-corrected chi connectivity index (χ2v) is 6.62. The minimum atomic E-state index is 0.0887. The second kappa shape index (κ2) is 7.95. The van der Waals surface area contributed by atoms with Gasteiger partial charge in [-0.2, -0.15) is 5.26 Å². The van der Waals surface area contributed by atoms with Crippen LogP contribution in [-0.2, 0) is 0 Å². The number of fused-ring (bicyclic) bond motifs is 1. The summed E-state index contributed by atoms with van der Waals surface area (Å²) in [5, 5.41) is 13.7. The predicted octanol–water partition coefficient (Wildman–Crippen LogP) is 4.75. The van der Waals surface area contributed by atoms with E-state index in [0.29, 0.717) is 11.4 Å². The van der Waals surface area contributed by atoms with Gasteiger partial charge in [-0.05, 0) is 36.2 Å². The molecular formula is C23H19N5O. The Labute approximate surface area is 168 Å². The molecular weight excluding hydrogens is 362 g/mol. The number of nitriles is 1. The zero-order chi connectivity index (χ0) is 20.2. The van der Waals surface area contributed by atoms with Crippen LogP contribution < -0.4 is 10.1 Å². The van der Waals surface area contributed by atoms with E-state index in [9.17, 15) is 5.26 Å². The average molecular weight is 381 g/mol. The van der Waals surface area contributed by atoms with Crippen LogP contribution in [0.5, 0.6) is 5.88 Å². The third-order valence-electron chi connectivity index (χ3n) is 4.79. The van der Waals surface area contributed by atoms with Crippen LogP contribution >= 0.6 is 0 Å². The topological polar surface area (TPSA) is 83.7 Å². The van der Waals surface area contributed by atoms with Crippen LogP contribution in [0.4, 0.5) is 5.82 Å². The molecule has 2 heterocycles. The minimum absolute atomic E-state index is 0.0887. The van der Waals surface area contributed by atoms with Gasteiger partial charge in [-0.3, -0.25) is 0 Å². The highest BCUT2D eigenvalue weighted by Gasteiger charge is 2.12. The quantitative estimate of drug-likeness (QED) is 0.537. The molecule has 0 aliphatic carbocycles. The van der Waals surface area contributed by atoms with Crippen molar-refractivity contribution in [3.05, 3.63) is 78.2 Å². The molecule has 0 unspecified atom stereocenters. The molecule has 142 valence electrons. The van der Waals surface area contributed by atoms with Gasteiger partial charge in [-0.25, -0.2) is 15.0 Å². The molecule has 0 spiro atoms. The van der Waals surface area contributed by atoms with E-state index in [4.69, 9.17) is 4.74 Å². The number of ether oxygens (including phenoxy) is 1. The first kappa shape index (κ1) is 18.4. The number of pyridine rings is 1. The largest absolute Gasteiger partial charge is 0.480 e. The lowest BCUT2D eigenvalue weighted by Gasteiger charge is -2.16. The maximum absolute atomic E-state index is 9.34. The molecule has 1 atom stereocenters. The average Bonchev–Trinajstić information content (AvgIpc) is 2.79. The Bertz CT molecular complexity index is 1200. The van der Waals surface area contributed by atoms with Gasteiger partial charge in [0.05, 0.1) is 12.6 Å². The molecule has 6 nitrogen and oxygen atoms in total. The van der Waals surface area contributed by atoms with Crippen molar-refractivity contribution < 1.29 is 4.74 Å². The van der Waals surface area contributed by atoms with Crippen LogP contribution in [0.25, 0.3) is 22.0 Å². The van der Waals surface area contributed by atoms with Crippen molar-refractivity contribution in [2.75, 3.05) is 12.4 Å². The minimum Gasteiger partial charge on any atom is -0.480 e. The molecule has 0 fully saturated rings. The maximum atomic E-state index is 9.34. The van der Waals surface area contributed by atoms with Gasteiger partial charge in [0.15, 0.2) is 0 Å². The van der Waals surface area contributed by atoms with E-state index in [1.807, 2.05) is 36.4 Å². The van der Waals surface area contributed by atoms with Gasteiger partial charge in [0.2, 0.25) is 5.88 Å². The summed E-state index contributed by atoms with van der Waals surface area (Å²) in [6.07, 6.45) is 3.26. The zero-order valence-electron chi connectivity index (χ0n) is 16.1. The van der Waals surface area contributed by atoms with E-state index in [-0.39, 0.29) is 6.04 Å². The number of aromatic nitrogens is 3. The molecule has 0 saturated carbocycles. The Morgan fingerprint density at radius 2 is 1.83 bits per heavy atom. The van der Waals surface area contributed by atoms with Crippen molar-refractivity contribution in [1.29, 1.82) is 5.26 Å². The molecule has 0 saturated heterocycles. The molecule has 0 aliphatic rings. The first-order chi connectivity index (χ1) is 14.2. The molecule has 2 aromatic heterocycles. The highest BCUT2D eigenvalue weighted by Crippen LogP contribution is 2.30. The van der Waals surface area contributed by atoms with E-state index in [2.05, 4.69) is 45.4 Å². The molecule has 0 aliphatic heterocycles. The first-order valence-electron chi connectivity index (χ1n) is 9.20. The lowest BCUT2D eigenvalue weighted by atomic mass is 10.0. The fraction of sp³-hybridized carbons (Fsp3) is 0.130. The molecule has 0 bridgehead atoms. The second-order valence-electron chi connectivity index (χ2n) is 6.62. The normalized spacial score (nSPS) is 11.6. The highest BCUT2D eigenvalue weighted by atomic mass is 16.5. The van der Waals surface area contributed by atoms with Gasteiger partial charge in [0.25, 0.3) is 0 Å². The number of hydrogen-bond donors (Lipinski definition) is 1. The summed E-state index contributed by atoms with van der Waals surface area (Å²) in [4.78, 5) is 13.1. The van der Waals surface area contributed by atoms with E-state index >= 15 is 0 Å². The lowest BCUT2D eigenvalue weighted by Crippen LogP contribution is -2.08. The van der Waals surface area contributed by atoms with Crippen LogP contribution in [0.2, 0.25) is 0 Å². The Morgan fingerprint density at radius 3 is 2.59 bits per heavy atom. The van der Waals surface area contributed by atoms with Crippen LogP contribution in [0, 0.1) is 11.3 Å². The van der Waals surface area contributed by atoms with Crippen LogP contribution in [-0.4, -0.2) is 22.1 Å². The SMILES string of the molecule is COc1ncc(-c2ccc3ncnc(N[C@H](C)c4ccccc4)c3c2)cc1C#N. The van der Waals surface area contributed by atoms with Gasteiger partial charge < -0.3 is 10.1 Å². The van der Waals surface area contributed by atoms with Gasteiger partial charge in [0.1, 0.15) is 23.8 Å². The Kier molecular flexibility index (Phi) is 5.04. The number of hydrogen-bond acceptors (Lipinski definition) is 6. The Hall–Kier alpha value is -3.98. The molecule has 6 heteroatoms. The van der Waals surface area contributed by atoms with E-state index in [1.54, 1.807) is 18.6 Å². The third-order valence-corrected chi connectivity index (χ3v) is 4.79. The van der Waals surface area contributed by atoms with Crippen molar-refractivity contribution in [3.63, 3.8) is 0 Å². The van der Waals surface area contributed by atoms with Gasteiger partial charge in [-0.1, -0.05) is 36.4 Å². The zero-order valence-corrected chi connectivity index (χ0v) is 16.1. The number of methoxy groups -OCH3 is 1. The molecule has 0 amide bonds. The van der Waals surface area contributed by atoms with Gasteiger partial charge in [-0.15, -0.1) is 0 Å². The summed E-state index contributed by atoms with van der Waals surface area (Å²) in [5.41, 5.74) is 4.16. The van der Waals surface area contributed by atoms with Crippen molar-refractivity contribution >= 4 is 16.7 Å². The highest BCUT2D eigenvalue weighted by molar-refractivity contribution is 5.92. The number of nitrogens with zero attached hydrogens (tertiary/aromatic N) is 4. The lowest BCUT2D eigenvalue weighted by molar-refractivity contribution is 0.396. The Morgan fingerprint density at radius 1 is 1.00 bits per heavy atom. The summed E-state index contributed by atoms with van der Waals surface area (Å²) in [6, 6.07) is 20.1. The molecule has 1 N–H and O–H groups in total. The monoisotopic (exact) mass is 381 g/mol. The fourth-order valence-electron chi connectivity index (χ4n) is 3.23. The molecule has 29 heavy (non-hydrogen) atoms. The van der Waals surface area contributed by atoms with E-state index in [1.165, 1.54) is 12.7 Å². The number of benzene rings is 2.